The first-order valence-electron chi connectivity index (χ1n) is 10.3. The molecule has 0 saturated carbocycles. The van der Waals surface area contributed by atoms with Gasteiger partial charge >= 0.3 is 5.97 Å². The Morgan fingerprint density at radius 1 is 1.23 bits per heavy atom. The molecule has 0 bridgehead atoms. The minimum Gasteiger partial charge on any atom is -0.452 e. The van der Waals surface area contributed by atoms with Crippen LogP contribution in [-0.2, 0) is 23.1 Å². The van der Waals surface area contributed by atoms with Crippen LogP contribution in [0.15, 0.2) is 35.1 Å². The Morgan fingerprint density at radius 2 is 1.97 bits per heavy atom. The van der Waals surface area contributed by atoms with Gasteiger partial charge in [0.2, 0.25) is 5.78 Å². The molecule has 0 radical (unpaired) electrons. The van der Waals surface area contributed by atoms with E-state index in [1.165, 1.54) is 7.05 Å². The first-order valence-corrected chi connectivity index (χ1v) is 10.3. The van der Waals surface area contributed by atoms with Gasteiger partial charge < -0.3 is 14.0 Å². The van der Waals surface area contributed by atoms with Crippen LogP contribution in [-0.4, -0.2) is 45.4 Å². The molecular formula is C23H25N3O5. The van der Waals surface area contributed by atoms with Crippen LogP contribution in [0.5, 0.6) is 0 Å². The van der Waals surface area contributed by atoms with Gasteiger partial charge in [0.05, 0.1) is 11.5 Å². The van der Waals surface area contributed by atoms with E-state index < -0.39 is 12.6 Å². The Kier molecular flexibility index (Phi) is 5.73. The van der Waals surface area contributed by atoms with Gasteiger partial charge in [-0.2, -0.15) is 5.10 Å². The smallest absolute Gasteiger partial charge is 0.359 e. The van der Waals surface area contributed by atoms with Gasteiger partial charge in [0.15, 0.2) is 12.3 Å². The fourth-order valence-corrected chi connectivity index (χ4v) is 4.08. The first kappa shape index (κ1) is 21.0. The van der Waals surface area contributed by atoms with Crippen LogP contribution in [0, 0.1) is 13.8 Å². The average Bonchev–Trinajstić information content (AvgIpc) is 3.38. The maximum atomic E-state index is 12.8. The second kappa shape index (κ2) is 8.47. The third-order valence-electron chi connectivity index (χ3n) is 5.77. The molecule has 0 amide bonds. The summed E-state index contributed by atoms with van der Waals surface area (Å²) in [5, 5.41) is 4.82. The number of aromatic nitrogens is 3. The highest BCUT2D eigenvalue weighted by atomic mass is 16.5. The molecule has 0 aliphatic carbocycles. The number of esters is 1. The zero-order valence-electron chi connectivity index (χ0n) is 17.9. The molecule has 8 heteroatoms. The van der Waals surface area contributed by atoms with Crippen molar-refractivity contribution in [1.82, 2.24) is 14.3 Å². The minimum atomic E-state index is -0.742. The standard InChI is InChI=1S/C23H25N3O5/c1-14-11-19(15(2)26(14)12-16-7-6-10-30-16)20(27)13-31-23(29)21-17-8-4-5-9-18(17)22(28)25(3)24-21/h4-5,8-9,11,16H,6-7,10,12-13H2,1-3H3. The van der Waals surface area contributed by atoms with E-state index in [9.17, 15) is 14.4 Å². The Bertz CT molecular complexity index is 1220. The number of hydrogen-bond donors (Lipinski definition) is 0. The summed E-state index contributed by atoms with van der Waals surface area (Å²) in [6.07, 6.45) is 2.23. The topological polar surface area (TPSA) is 92.4 Å². The van der Waals surface area contributed by atoms with Gasteiger partial charge in [0, 0.05) is 42.5 Å². The van der Waals surface area contributed by atoms with Gasteiger partial charge in [-0.05, 0) is 38.8 Å². The SMILES string of the molecule is Cc1cc(C(=O)COC(=O)c2nn(C)c(=O)c3ccccc23)c(C)n1CC1CCCO1. The van der Waals surface area contributed by atoms with E-state index in [4.69, 9.17) is 9.47 Å². The van der Waals surface area contributed by atoms with E-state index in [0.717, 1.165) is 35.5 Å². The number of aryl methyl sites for hydroxylation is 2. The second-order valence-corrected chi connectivity index (χ2v) is 7.85. The average molecular weight is 423 g/mol. The molecule has 1 saturated heterocycles. The fourth-order valence-electron chi connectivity index (χ4n) is 4.08. The monoisotopic (exact) mass is 423 g/mol. The van der Waals surface area contributed by atoms with Crippen molar-refractivity contribution in [3.8, 4) is 0 Å². The molecule has 8 nitrogen and oxygen atoms in total. The van der Waals surface area contributed by atoms with Crippen molar-refractivity contribution in [2.45, 2.75) is 39.3 Å². The molecule has 3 heterocycles. The van der Waals surface area contributed by atoms with E-state index in [-0.39, 0.29) is 23.1 Å². The number of carbonyl (C=O) groups is 2. The van der Waals surface area contributed by atoms with Crippen molar-refractivity contribution in [1.29, 1.82) is 0 Å². The number of hydrogen-bond acceptors (Lipinski definition) is 6. The number of rotatable bonds is 6. The van der Waals surface area contributed by atoms with E-state index >= 15 is 0 Å². The maximum Gasteiger partial charge on any atom is 0.359 e. The van der Waals surface area contributed by atoms with E-state index in [1.54, 1.807) is 24.3 Å². The molecule has 1 aromatic carbocycles. The zero-order valence-corrected chi connectivity index (χ0v) is 17.9. The predicted octanol–water partition coefficient (Wildman–Crippen LogP) is 2.57. The molecular weight excluding hydrogens is 398 g/mol. The van der Waals surface area contributed by atoms with Crippen LogP contribution in [0.3, 0.4) is 0 Å². The highest BCUT2D eigenvalue weighted by Gasteiger charge is 2.23. The van der Waals surface area contributed by atoms with Crippen molar-refractivity contribution in [2.24, 2.45) is 7.05 Å². The lowest BCUT2D eigenvalue weighted by atomic mass is 10.1. The van der Waals surface area contributed by atoms with Gasteiger partial charge in [-0.15, -0.1) is 0 Å². The van der Waals surface area contributed by atoms with E-state index in [1.807, 2.05) is 19.9 Å². The number of ether oxygens (including phenoxy) is 2. The van der Waals surface area contributed by atoms with Crippen LogP contribution >= 0.6 is 0 Å². The fraction of sp³-hybridized carbons (Fsp3) is 0.391. The summed E-state index contributed by atoms with van der Waals surface area (Å²) >= 11 is 0. The summed E-state index contributed by atoms with van der Waals surface area (Å²) in [6, 6.07) is 8.52. The van der Waals surface area contributed by atoms with Crippen LogP contribution in [0.4, 0.5) is 0 Å². The van der Waals surface area contributed by atoms with Crippen molar-refractivity contribution >= 4 is 22.5 Å². The largest absolute Gasteiger partial charge is 0.452 e. The van der Waals surface area contributed by atoms with Crippen molar-refractivity contribution < 1.29 is 19.1 Å². The molecule has 0 spiro atoms. The third-order valence-corrected chi connectivity index (χ3v) is 5.77. The Hall–Kier alpha value is -3.26. The summed E-state index contributed by atoms with van der Waals surface area (Å²) in [5.74, 6) is -1.03. The van der Waals surface area contributed by atoms with Gasteiger partial charge in [-0.1, -0.05) is 18.2 Å². The molecule has 3 aromatic rings. The molecule has 2 aromatic heterocycles. The summed E-state index contributed by atoms with van der Waals surface area (Å²) in [5.41, 5.74) is 2.03. The van der Waals surface area contributed by atoms with Crippen LogP contribution in [0.1, 0.15) is 45.1 Å². The Morgan fingerprint density at radius 3 is 2.68 bits per heavy atom. The quantitative estimate of drug-likeness (QED) is 0.447. The summed E-state index contributed by atoms with van der Waals surface area (Å²) in [6.45, 7) is 4.92. The summed E-state index contributed by atoms with van der Waals surface area (Å²) in [4.78, 5) is 37.7. The van der Waals surface area contributed by atoms with Crippen molar-refractivity contribution in [3.05, 3.63) is 63.3 Å². The molecule has 1 atom stereocenters. The number of Topliss-reactive ketones (excluding diaryl/α,β-unsaturated/α-hetero) is 1. The van der Waals surface area contributed by atoms with Gasteiger partial charge in [-0.25, -0.2) is 9.48 Å². The van der Waals surface area contributed by atoms with Crippen molar-refractivity contribution in [2.75, 3.05) is 13.2 Å². The first-order chi connectivity index (χ1) is 14.9. The van der Waals surface area contributed by atoms with Gasteiger partial charge in [0.1, 0.15) is 0 Å². The molecule has 162 valence electrons. The maximum absolute atomic E-state index is 12.8. The number of fused-ring (bicyclic) bond motifs is 1. The number of carbonyl (C=O) groups excluding carboxylic acids is 2. The number of nitrogens with zero attached hydrogens (tertiary/aromatic N) is 3. The minimum absolute atomic E-state index is 0.00866. The Balaban J connectivity index is 1.51. The van der Waals surface area contributed by atoms with Crippen LogP contribution < -0.4 is 5.56 Å². The molecule has 1 aliphatic heterocycles. The predicted molar refractivity (Wildman–Crippen MR) is 114 cm³/mol. The molecule has 1 aliphatic rings. The third kappa shape index (κ3) is 4.03. The highest BCUT2D eigenvalue weighted by molar-refractivity contribution is 6.04. The van der Waals surface area contributed by atoms with E-state index in [0.29, 0.717) is 22.9 Å². The molecule has 31 heavy (non-hydrogen) atoms. The molecule has 1 fully saturated rings. The number of benzene rings is 1. The lowest BCUT2D eigenvalue weighted by Gasteiger charge is -2.14. The lowest BCUT2D eigenvalue weighted by molar-refractivity contribution is 0.0468. The van der Waals surface area contributed by atoms with Gasteiger partial charge in [0.25, 0.3) is 5.56 Å². The Labute approximate surface area is 179 Å². The molecule has 4 rings (SSSR count). The van der Waals surface area contributed by atoms with Crippen LogP contribution in [0.25, 0.3) is 10.8 Å². The van der Waals surface area contributed by atoms with Crippen molar-refractivity contribution in [3.63, 3.8) is 0 Å². The summed E-state index contributed by atoms with van der Waals surface area (Å²) < 4.78 is 14.2. The van der Waals surface area contributed by atoms with Crippen LogP contribution in [0.2, 0.25) is 0 Å². The second-order valence-electron chi connectivity index (χ2n) is 7.85. The van der Waals surface area contributed by atoms with Gasteiger partial charge in [-0.3, -0.25) is 9.59 Å². The number of ketones is 1. The highest BCUT2D eigenvalue weighted by Crippen LogP contribution is 2.21. The lowest BCUT2D eigenvalue weighted by Crippen LogP contribution is -2.24. The molecule has 0 N–H and O–H groups in total. The normalized spacial score (nSPS) is 16.0. The molecule has 1 unspecified atom stereocenters. The zero-order chi connectivity index (χ0) is 22.1. The van der Waals surface area contributed by atoms with E-state index in [2.05, 4.69) is 9.67 Å². The summed E-state index contributed by atoms with van der Waals surface area (Å²) in [7, 11) is 1.47.